The number of benzene rings is 2. The average Bonchev–Trinajstić information content (AvgIpc) is 3.33. The van der Waals surface area contributed by atoms with Gasteiger partial charge in [0.15, 0.2) is 0 Å². The molecule has 0 aliphatic carbocycles. The smallest absolute Gasteiger partial charge is 0.307 e. The zero-order valence-corrected chi connectivity index (χ0v) is 18.4. The molecule has 156 valence electrons. The molecule has 30 heavy (non-hydrogen) atoms. The molecule has 0 amide bonds. The first-order chi connectivity index (χ1) is 14.1. The monoisotopic (exact) mass is 443 g/mol. The second kappa shape index (κ2) is 9.83. The lowest BCUT2D eigenvalue weighted by Gasteiger charge is -2.08. The summed E-state index contributed by atoms with van der Waals surface area (Å²) in [4.78, 5) is 9.00. The fourth-order valence-corrected chi connectivity index (χ4v) is 3.28. The first-order valence-corrected chi connectivity index (χ1v) is 9.94. The Morgan fingerprint density at radius 2 is 1.83 bits per heavy atom. The Morgan fingerprint density at radius 3 is 2.53 bits per heavy atom. The molecule has 4 rings (SSSR count). The molecule has 2 aromatic carbocycles. The van der Waals surface area contributed by atoms with Gasteiger partial charge in [-0.2, -0.15) is 4.98 Å². The number of para-hydroxylation sites is 1. The lowest BCUT2D eigenvalue weighted by Crippen LogP contribution is -2.00. The molecule has 5 nitrogen and oxygen atoms in total. The van der Waals surface area contributed by atoms with Gasteiger partial charge in [0.25, 0.3) is 0 Å². The van der Waals surface area contributed by atoms with Crippen molar-refractivity contribution in [2.75, 3.05) is 6.61 Å². The number of oxazole rings is 1. The molecule has 0 aliphatic rings. The maximum absolute atomic E-state index is 6.12. The Bertz CT molecular complexity index is 1100. The van der Waals surface area contributed by atoms with Crippen LogP contribution in [0.4, 0.5) is 0 Å². The lowest BCUT2D eigenvalue weighted by molar-refractivity contribution is 0.304. The number of imidazole rings is 1. The molecule has 0 saturated carbocycles. The average molecular weight is 444 g/mol. The molecule has 0 atom stereocenters. The highest BCUT2D eigenvalue weighted by Gasteiger charge is 2.17. The second-order valence-electron chi connectivity index (χ2n) is 6.84. The molecule has 4 aromatic rings. The molecule has 2 heterocycles. The van der Waals surface area contributed by atoms with Gasteiger partial charge in [0.1, 0.15) is 23.0 Å². The minimum absolute atomic E-state index is 0. The van der Waals surface area contributed by atoms with E-state index in [9.17, 15) is 0 Å². The third-order valence-electron chi connectivity index (χ3n) is 4.73. The highest BCUT2D eigenvalue weighted by molar-refractivity contribution is 6.30. The van der Waals surface area contributed by atoms with E-state index in [-0.39, 0.29) is 12.4 Å². The molecule has 2 aromatic heterocycles. The van der Waals surface area contributed by atoms with Crippen molar-refractivity contribution in [3.63, 3.8) is 0 Å². The van der Waals surface area contributed by atoms with E-state index in [2.05, 4.69) is 4.98 Å². The summed E-state index contributed by atoms with van der Waals surface area (Å²) in [6, 6.07) is 16.2. The van der Waals surface area contributed by atoms with Gasteiger partial charge in [-0.15, -0.1) is 12.4 Å². The Labute approximate surface area is 187 Å². The van der Waals surface area contributed by atoms with Gasteiger partial charge in [-0.05, 0) is 44.0 Å². The Hall–Kier alpha value is -2.76. The van der Waals surface area contributed by atoms with Gasteiger partial charge >= 0.3 is 6.01 Å². The number of ether oxygens (including phenoxy) is 1. The summed E-state index contributed by atoms with van der Waals surface area (Å²) in [5.41, 5.74) is 2.92. The van der Waals surface area contributed by atoms with E-state index >= 15 is 0 Å². The molecule has 0 aliphatic heterocycles. The molecule has 0 saturated heterocycles. The van der Waals surface area contributed by atoms with Gasteiger partial charge < -0.3 is 9.15 Å². The van der Waals surface area contributed by atoms with Crippen LogP contribution in [-0.2, 0) is 6.42 Å². The minimum Gasteiger partial charge on any atom is -0.493 e. The van der Waals surface area contributed by atoms with E-state index in [1.165, 1.54) is 0 Å². The van der Waals surface area contributed by atoms with Crippen molar-refractivity contribution in [1.82, 2.24) is 14.5 Å². The summed E-state index contributed by atoms with van der Waals surface area (Å²) in [5.74, 6) is 2.56. The van der Waals surface area contributed by atoms with Crippen LogP contribution in [0.1, 0.15) is 23.6 Å². The minimum atomic E-state index is 0. The van der Waals surface area contributed by atoms with Gasteiger partial charge in [-0.1, -0.05) is 41.9 Å². The van der Waals surface area contributed by atoms with Crippen LogP contribution in [0.5, 0.6) is 5.75 Å². The third kappa shape index (κ3) is 4.86. The number of hydrogen-bond acceptors (Lipinski definition) is 4. The van der Waals surface area contributed by atoms with Crippen LogP contribution in [0.2, 0.25) is 5.02 Å². The quantitative estimate of drug-likeness (QED) is 0.317. The standard InChI is InChI=1S/C23H22ClN3O2.ClH/c1-16-6-3-4-7-20(16)28-15-5-8-21-22(18-9-11-19(24)12-10-18)26-23(29-21)27-14-13-25-17(27)2;/h3-4,6-7,9-14H,5,8,15H2,1-2H3;1H. The summed E-state index contributed by atoms with van der Waals surface area (Å²) in [5, 5.41) is 0.691. The van der Waals surface area contributed by atoms with Crippen LogP contribution >= 0.6 is 24.0 Å². The van der Waals surface area contributed by atoms with Crippen LogP contribution in [0.3, 0.4) is 0 Å². The fourth-order valence-electron chi connectivity index (χ4n) is 3.16. The zero-order valence-electron chi connectivity index (χ0n) is 16.8. The fraction of sp³-hybridized carbons (Fsp3) is 0.217. The van der Waals surface area contributed by atoms with E-state index < -0.39 is 0 Å². The number of aromatic nitrogens is 3. The van der Waals surface area contributed by atoms with Gasteiger partial charge in [0.05, 0.1) is 6.61 Å². The van der Waals surface area contributed by atoms with Crippen LogP contribution in [0.25, 0.3) is 17.3 Å². The maximum atomic E-state index is 6.12. The molecule has 0 fully saturated rings. The van der Waals surface area contributed by atoms with Gasteiger partial charge in [0, 0.05) is 29.4 Å². The van der Waals surface area contributed by atoms with E-state index in [1.54, 1.807) is 6.20 Å². The third-order valence-corrected chi connectivity index (χ3v) is 4.99. The molecule has 0 radical (unpaired) electrons. The summed E-state index contributed by atoms with van der Waals surface area (Å²) >= 11 is 6.05. The van der Waals surface area contributed by atoms with Gasteiger partial charge in [-0.3, -0.25) is 4.57 Å². The van der Waals surface area contributed by atoms with Crippen molar-refractivity contribution < 1.29 is 9.15 Å². The molecule has 0 spiro atoms. The topological polar surface area (TPSA) is 53.1 Å². The molecule has 7 heteroatoms. The highest BCUT2D eigenvalue weighted by atomic mass is 35.5. The predicted molar refractivity (Wildman–Crippen MR) is 121 cm³/mol. The summed E-state index contributed by atoms with van der Waals surface area (Å²) < 4.78 is 13.9. The normalized spacial score (nSPS) is 10.6. The van der Waals surface area contributed by atoms with Crippen molar-refractivity contribution in [2.45, 2.75) is 26.7 Å². The highest BCUT2D eigenvalue weighted by Crippen LogP contribution is 2.28. The Kier molecular flexibility index (Phi) is 7.19. The van der Waals surface area contributed by atoms with Crippen LogP contribution in [0, 0.1) is 13.8 Å². The van der Waals surface area contributed by atoms with Crippen molar-refractivity contribution >= 4 is 24.0 Å². The van der Waals surface area contributed by atoms with Crippen molar-refractivity contribution in [3.8, 4) is 23.0 Å². The van der Waals surface area contributed by atoms with E-state index in [4.69, 9.17) is 25.7 Å². The van der Waals surface area contributed by atoms with Crippen molar-refractivity contribution in [3.05, 3.63) is 83.1 Å². The molecular weight excluding hydrogens is 421 g/mol. The van der Waals surface area contributed by atoms with Crippen LogP contribution in [0.15, 0.2) is 65.3 Å². The molecule has 0 unspecified atom stereocenters. The molecule has 0 N–H and O–H groups in total. The number of hydrogen-bond donors (Lipinski definition) is 0. The number of aryl methyl sites for hydroxylation is 3. The predicted octanol–water partition coefficient (Wildman–Crippen LogP) is 6.23. The SMILES string of the molecule is Cc1ccccc1OCCCc1oc(-n2ccnc2C)nc1-c1ccc(Cl)cc1.Cl. The second-order valence-corrected chi connectivity index (χ2v) is 7.27. The van der Waals surface area contributed by atoms with Crippen LogP contribution < -0.4 is 4.74 Å². The molecular formula is C23H23Cl2N3O2. The van der Waals surface area contributed by atoms with Gasteiger partial charge in [-0.25, -0.2) is 4.98 Å². The molecule has 0 bridgehead atoms. The van der Waals surface area contributed by atoms with Crippen molar-refractivity contribution in [1.29, 1.82) is 0 Å². The Balaban J connectivity index is 0.00000256. The van der Waals surface area contributed by atoms with E-state index in [1.807, 2.05) is 73.1 Å². The number of halogens is 2. The zero-order chi connectivity index (χ0) is 20.2. The Morgan fingerprint density at radius 1 is 1.07 bits per heavy atom. The maximum Gasteiger partial charge on any atom is 0.307 e. The number of rotatable bonds is 7. The van der Waals surface area contributed by atoms with E-state index in [0.29, 0.717) is 24.1 Å². The summed E-state index contributed by atoms with van der Waals surface area (Å²) in [7, 11) is 0. The van der Waals surface area contributed by atoms with Crippen molar-refractivity contribution in [2.24, 2.45) is 0 Å². The number of nitrogens with zero attached hydrogens (tertiary/aromatic N) is 3. The van der Waals surface area contributed by atoms with Crippen LogP contribution in [-0.4, -0.2) is 21.1 Å². The van der Waals surface area contributed by atoms with Gasteiger partial charge in [0.2, 0.25) is 0 Å². The summed E-state index contributed by atoms with van der Waals surface area (Å²) in [6.45, 7) is 4.57. The largest absolute Gasteiger partial charge is 0.493 e. The van der Waals surface area contributed by atoms with E-state index in [0.717, 1.165) is 40.6 Å². The first kappa shape index (κ1) is 21.9. The lowest BCUT2D eigenvalue weighted by atomic mass is 10.1. The first-order valence-electron chi connectivity index (χ1n) is 9.56. The summed E-state index contributed by atoms with van der Waals surface area (Å²) in [6.07, 6.45) is 5.10.